The fraction of sp³-hybridized carbons (Fsp3) is 0.385. The molecule has 0 aromatic carbocycles. The molecule has 0 radical (unpaired) electrons. The van der Waals surface area contributed by atoms with Crippen LogP contribution in [0.4, 0.5) is 0 Å². The number of hydrogen-bond acceptors (Lipinski definition) is 0. The number of rotatable bonds is 2. The zero-order valence-electron chi connectivity index (χ0n) is 9.89. The van der Waals surface area contributed by atoms with Crippen LogP contribution in [0.3, 0.4) is 0 Å². The van der Waals surface area contributed by atoms with Gasteiger partial charge in [0.1, 0.15) is 0 Å². The summed E-state index contributed by atoms with van der Waals surface area (Å²) in [6.07, 6.45) is 8.17. The molecule has 1 aromatic heterocycles. The van der Waals surface area contributed by atoms with Crippen LogP contribution in [0, 0.1) is 27.7 Å². The number of allylic oxidation sites excluding steroid dienone is 4. The molecule has 0 amide bonds. The Bertz CT molecular complexity index is 424. The molecule has 1 aliphatic rings. The molecule has 1 aliphatic carbocycles. The first-order chi connectivity index (χ1) is 7.11. The van der Waals surface area contributed by atoms with Gasteiger partial charge >= 0.3 is 105 Å². The van der Waals surface area contributed by atoms with Crippen LogP contribution >= 0.6 is 4.83 Å². The van der Waals surface area contributed by atoms with Crippen molar-refractivity contribution in [3.63, 3.8) is 0 Å². The van der Waals surface area contributed by atoms with E-state index >= 15 is 0 Å². The molecule has 0 bridgehead atoms. The van der Waals surface area contributed by atoms with Gasteiger partial charge in [0.2, 0.25) is 0 Å². The third-order valence-electron chi connectivity index (χ3n) is 3.35. The van der Waals surface area contributed by atoms with Gasteiger partial charge in [0, 0.05) is 0 Å². The quantitative estimate of drug-likeness (QED) is 0.748. The fourth-order valence-corrected chi connectivity index (χ4v) is 13.1. The van der Waals surface area contributed by atoms with Gasteiger partial charge in [-0.25, -0.2) is 0 Å². The topological polar surface area (TPSA) is 0 Å². The molecule has 0 fully saturated rings. The van der Waals surface area contributed by atoms with Crippen molar-refractivity contribution in [2.75, 3.05) is 0 Å². The van der Waals surface area contributed by atoms with Crippen molar-refractivity contribution in [3.05, 3.63) is 43.2 Å². The second-order valence-electron chi connectivity index (χ2n) is 4.19. The summed E-state index contributed by atoms with van der Waals surface area (Å²) in [7, 11) is 0. The van der Waals surface area contributed by atoms with E-state index in [1.165, 1.54) is 6.42 Å². The summed E-state index contributed by atoms with van der Waals surface area (Å²) < 4.78 is 1.78. The van der Waals surface area contributed by atoms with Crippen molar-refractivity contribution < 1.29 is 22.7 Å². The average molecular weight is 295 g/mol. The molecule has 2 rings (SSSR count). The molecule has 15 heavy (non-hydrogen) atoms. The first-order valence-electron chi connectivity index (χ1n) is 5.39. The molecular weight excluding hydrogens is 278 g/mol. The van der Waals surface area contributed by atoms with E-state index in [9.17, 15) is 0 Å². The van der Waals surface area contributed by atoms with Crippen LogP contribution in [0.1, 0.15) is 28.1 Å². The van der Waals surface area contributed by atoms with Crippen LogP contribution in [-0.2, 0) is 22.7 Å². The molecule has 2 heteroatoms. The molecule has 0 atom stereocenters. The van der Waals surface area contributed by atoms with Gasteiger partial charge in [-0.3, -0.25) is 0 Å². The maximum atomic E-state index is 2.37. The van der Waals surface area contributed by atoms with Gasteiger partial charge in [0.15, 0.2) is 0 Å². The van der Waals surface area contributed by atoms with E-state index in [-0.39, 0.29) is 27.5 Å². The summed E-state index contributed by atoms with van der Waals surface area (Å²) in [5.41, 5.74) is 3.18. The summed E-state index contributed by atoms with van der Waals surface area (Å²) >= 11 is -0.345. The van der Waals surface area contributed by atoms with Crippen LogP contribution in [0.25, 0.3) is 0 Å². The van der Waals surface area contributed by atoms with Crippen LogP contribution in [-0.4, -0.2) is 0 Å². The van der Waals surface area contributed by atoms with Gasteiger partial charge in [0.05, 0.1) is 0 Å². The van der Waals surface area contributed by atoms with Crippen molar-refractivity contribution in [2.45, 2.75) is 34.1 Å². The summed E-state index contributed by atoms with van der Waals surface area (Å²) in [5.74, 6) is 0. The normalized spacial score (nSPS) is 14.5. The minimum atomic E-state index is -0.345. The second kappa shape index (κ2) is 4.56. The summed E-state index contributed by atoms with van der Waals surface area (Å²) in [4.78, 5) is 0.164. The monoisotopic (exact) mass is 294 g/mol. The zero-order valence-corrected chi connectivity index (χ0v) is 13.2. The predicted molar refractivity (Wildman–Crippen MR) is 65.3 cm³/mol. The molecule has 0 saturated heterocycles. The molecule has 78 valence electrons. The molecule has 0 N–H and O–H groups in total. The maximum absolute atomic E-state index is 2.37. The number of hydrogen-bond donors (Lipinski definition) is 0. The molecule has 0 nitrogen and oxygen atoms in total. The van der Waals surface area contributed by atoms with E-state index < -0.39 is 0 Å². The van der Waals surface area contributed by atoms with E-state index in [1.807, 2.05) is 0 Å². The summed E-state index contributed by atoms with van der Waals surface area (Å²) in [5, 5.41) is 3.44. The van der Waals surface area contributed by atoms with Gasteiger partial charge in [-0.1, -0.05) is 0 Å². The van der Waals surface area contributed by atoms with E-state index in [0.717, 1.165) is 0 Å². The van der Waals surface area contributed by atoms with Crippen molar-refractivity contribution in [1.82, 2.24) is 0 Å². The Balaban J connectivity index is 2.32. The first-order valence-corrected chi connectivity index (χ1v) is 11.3. The third kappa shape index (κ3) is 2.15. The molecule has 0 aliphatic heterocycles. The van der Waals surface area contributed by atoms with E-state index in [0.29, 0.717) is 0 Å². The SMILES string of the molecule is Cc1c(C)c(C)[p]([Zr][C]2=CC=CC2)c1C. The zero-order chi connectivity index (χ0) is 11.0. The Morgan fingerprint density at radius 2 is 1.67 bits per heavy atom. The molecule has 0 unspecified atom stereocenters. The Morgan fingerprint density at radius 3 is 2.13 bits per heavy atom. The average Bonchev–Trinajstić information content (AvgIpc) is 2.79. The minimum absolute atomic E-state index is 0.164. The molecule has 0 spiro atoms. The van der Waals surface area contributed by atoms with E-state index in [1.54, 1.807) is 25.0 Å². The molecule has 1 aromatic rings. The van der Waals surface area contributed by atoms with Crippen LogP contribution in [0.2, 0.25) is 0 Å². The Labute approximate surface area is 104 Å². The van der Waals surface area contributed by atoms with E-state index in [2.05, 4.69) is 45.9 Å². The van der Waals surface area contributed by atoms with Crippen LogP contribution in [0.5, 0.6) is 0 Å². The first kappa shape index (κ1) is 11.6. The molecule has 1 heterocycles. The van der Waals surface area contributed by atoms with Gasteiger partial charge in [-0.05, 0) is 0 Å². The van der Waals surface area contributed by atoms with E-state index in [4.69, 9.17) is 0 Å². The van der Waals surface area contributed by atoms with Gasteiger partial charge in [-0.15, -0.1) is 0 Å². The second-order valence-corrected chi connectivity index (χ2v) is 13.0. The Kier molecular flexibility index (Phi) is 3.53. The van der Waals surface area contributed by atoms with Gasteiger partial charge in [-0.2, -0.15) is 0 Å². The summed E-state index contributed by atoms with van der Waals surface area (Å²) in [6.45, 7) is 9.34. The molecule has 0 saturated carbocycles. The van der Waals surface area contributed by atoms with Gasteiger partial charge < -0.3 is 0 Å². The summed E-state index contributed by atoms with van der Waals surface area (Å²) in [6, 6.07) is 0. The molecular formula is C13H17PZr. The van der Waals surface area contributed by atoms with Gasteiger partial charge in [0.25, 0.3) is 0 Å². The fourth-order valence-electron chi connectivity index (χ4n) is 1.97. The predicted octanol–water partition coefficient (Wildman–Crippen LogP) is 4.60. The standard InChI is InChI=1S/C8H12P.C5H5.Zr/c1-5-6(2)8(4)9-7(5)3;1-2-4-5-3-1;/h1-4H3;1-3H,4H2;/q-1;;+1. The van der Waals surface area contributed by atoms with Crippen molar-refractivity contribution in [2.24, 2.45) is 0 Å². The van der Waals surface area contributed by atoms with Crippen molar-refractivity contribution >= 4 is 4.83 Å². The van der Waals surface area contributed by atoms with Crippen LogP contribution < -0.4 is 0 Å². The van der Waals surface area contributed by atoms with Crippen molar-refractivity contribution in [1.29, 1.82) is 0 Å². The Morgan fingerprint density at radius 1 is 1.07 bits per heavy atom. The third-order valence-corrected chi connectivity index (χ3v) is 15.5. The van der Waals surface area contributed by atoms with Crippen LogP contribution in [0.15, 0.2) is 21.5 Å². The van der Waals surface area contributed by atoms with Crippen molar-refractivity contribution in [3.8, 4) is 0 Å². The Hall–Kier alpha value is 0.143.